The van der Waals surface area contributed by atoms with E-state index in [4.69, 9.17) is 0 Å². The minimum absolute atomic E-state index is 0.142. The summed E-state index contributed by atoms with van der Waals surface area (Å²) in [5.74, 6) is 0.915. The number of hydrogen-bond donors (Lipinski definition) is 2. The monoisotopic (exact) mass is 220 g/mol. The van der Waals surface area contributed by atoms with E-state index in [0.29, 0.717) is 0 Å². The van der Waals surface area contributed by atoms with Crippen molar-refractivity contribution in [1.82, 2.24) is 4.98 Å². The van der Waals surface area contributed by atoms with E-state index in [1.807, 2.05) is 19.1 Å². The number of pyridine rings is 1. The molecule has 1 heterocycles. The van der Waals surface area contributed by atoms with Crippen LogP contribution in [0.15, 0.2) is 18.3 Å². The molecule has 1 saturated carbocycles. The van der Waals surface area contributed by atoms with Gasteiger partial charge >= 0.3 is 0 Å². The molecule has 2 N–H and O–H groups in total. The van der Waals surface area contributed by atoms with Gasteiger partial charge in [-0.25, -0.2) is 4.98 Å². The molecule has 1 aliphatic rings. The molecule has 1 aromatic rings. The van der Waals surface area contributed by atoms with Crippen molar-refractivity contribution in [3.05, 3.63) is 23.9 Å². The molecule has 2 rings (SSSR count). The van der Waals surface area contributed by atoms with Crippen molar-refractivity contribution in [1.29, 1.82) is 0 Å². The average Bonchev–Trinajstić information content (AvgIpc) is 2.33. The highest BCUT2D eigenvalue weighted by molar-refractivity contribution is 5.45. The van der Waals surface area contributed by atoms with Gasteiger partial charge in [0.2, 0.25) is 0 Å². The van der Waals surface area contributed by atoms with E-state index in [9.17, 15) is 5.11 Å². The van der Waals surface area contributed by atoms with Crippen LogP contribution >= 0.6 is 0 Å². The Morgan fingerprint density at radius 3 is 2.75 bits per heavy atom. The molecule has 0 aliphatic heterocycles. The summed E-state index contributed by atoms with van der Waals surface area (Å²) < 4.78 is 0. The Balaban J connectivity index is 2.15. The van der Waals surface area contributed by atoms with E-state index in [1.165, 1.54) is 19.3 Å². The second kappa shape index (κ2) is 4.83. The second-order valence-electron chi connectivity index (χ2n) is 4.79. The van der Waals surface area contributed by atoms with Crippen LogP contribution in [-0.2, 0) is 0 Å². The van der Waals surface area contributed by atoms with E-state index in [2.05, 4.69) is 10.3 Å². The fraction of sp³-hybridized carbons (Fsp3) is 0.615. The molecule has 88 valence electrons. The maximum Gasteiger partial charge on any atom is 0.129 e. The van der Waals surface area contributed by atoms with Crippen molar-refractivity contribution < 1.29 is 5.11 Å². The van der Waals surface area contributed by atoms with Crippen LogP contribution < -0.4 is 5.32 Å². The minimum atomic E-state index is -0.142. The molecule has 0 amide bonds. The van der Waals surface area contributed by atoms with E-state index >= 15 is 0 Å². The fourth-order valence-electron chi connectivity index (χ4n) is 2.42. The summed E-state index contributed by atoms with van der Waals surface area (Å²) in [5, 5.41) is 13.1. The maximum absolute atomic E-state index is 9.60. The van der Waals surface area contributed by atoms with E-state index in [1.54, 1.807) is 6.20 Å². The largest absolute Gasteiger partial charge is 0.394 e. The van der Waals surface area contributed by atoms with Crippen molar-refractivity contribution in [3.8, 4) is 0 Å². The highest BCUT2D eigenvalue weighted by Crippen LogP contribution is 2.31. The first kappa shape index (κ1) is 11.4. The van der Waals surface area contributed by atoms with Gasteiger partial charge in [0.15, 0.2) is 0 Å². The number of rotatable bonds is 3. The maximum atomic E-state index is 9.60. The van der Waals surface area contributed by atoms with Crippen LogP contribution in [0.4, 0.5) is 5.82 Å². The van der Waals surface area contributed by atoms with Crippen LogP contribution in [0, 0.1) is 6.92 Å². The molecule has 3 nitrogen and oxygen atoms in total. The Bertz CT molecular complexity index is 346. The van der Waals surface area contributed by atoms with Gasteiger partial charge in [0.25, 0.3) is 0 Å². The molecule has 0 bridgehead atoms. The molecule has 16 heavy (non-hydrogen) atoms. The summed E-state index contributed by atoms with van der Waals surface area (Å²) >= 11 is 0. The van der Waals surface area contributed by atoms with Crippen molar-refractivity contribution in [3.63, 3.8) is 0 Å². The summed E-state index contributed by atoms with van der Waals surface area (Å²) in [5.41, 5.74) is 0.998. The lowest BCUT2D eigenvalue weighted by atomic mass is 9.82. The third-order valence-corrected chi connectivity index (χ3v) is 3.51. The first-order chi connectivity index (χ1) is 7.76. The van der Waals surface area contributed by atoms with Gasteiger partial charge in [-0.2, -0.15) is 0 Å². The second-order valence-corrected chi connectivity index (χ2v) is 4.79. The summed E-state index contributed by atoms with van der Waals surface area (Å²) in [6.45, 7) is 2.24. The van der Waals surface area contributed by atoms with Crippen LogP contribution in [0.1, 0.15) is 37.7 Å². The molecule has 1 fully saturated rings. The van der Waals surface area contributed by atoms with Crippen LogP contribution in [-0.4, -0.2) is 22.2 Å². The molecule has 1 aromatic heterocycles. The predicted molar refractivity (Wildman–Crippen MR) is 65.5 cm³/mol. The van der Waals surface area contributed by atoms with Crippen LogP contribution in [0.3, 0.4) is 0 Å². The third kappa shape index (κ3) is 2.35. The van der Waals surface area contributed by atoms with Gasteiger partial charge in [-0.05, 0) is 31.4 Å². The molecule has 3 heteroatoms. The lowest BCUT2D eigenvalue weighted by Gasteiger charge is -2.37. The first-order valence-electron chi connectivity index (χ1n) is 6.06. The lowest BCUT2D eigenvalue weighted by Crippen LogP contribution is -2.44. The molecule has 0 atom stereocenters. The van der Waals surface area contributed by atoms with Gasteiger partial charge in [-0.3, -0.25) is 0 Å². The van der Waals surface area contributed by atoms with Crippen molar-refractivity contribution in [2.75, 3.05) is 11.9 Å². The summed E-state index contributed by atoms with van der Waals surface area (Å²) in [4.78, 5) is 4.34. The Morgan fingerprint density at radius 2 is 2.12 bits per heavy atom. The highest BCUT2D eigenvalue weighted by atomic mass is 16.3. The van der Waals surface area contributed by atoms with Crippen molar-refractivity contribution >= 4 is 5.82 Å². The number of aliphatic hydroxyl groups excluding tert-OH is 1. The van der Waals surface area contributed by atoms with Crippen LogP contribution in [0.5, 0.6) is 0 Å². The van der Waals surface area contributed by atoms with Gasteiger partial charge in [0, 0.05) is 6.20 Å². The average molecular weight is 220 g/mol. The van der Waals surface area contributed by atoms with E-state index in [0.717, 1.165) is 24.2 Å². The Hall–Kier alpha value is -1.09. The highest BCUT2D eigenvalue weighted by Gasteiger charge is 2.31. The van der Waals surface area contributed by atoms with Gasteiger partial charge in [0.05, 0.1) is 12.1 Å². The zero-order chi connectivity index (χ0) is 11.4. The Labute approximate surface area is 96.9 Å². The predicted octanol–water partition coefficient (Wildman–Crippen LogP) is 2.50. The topological polar surface area (TPSA) is 45.2 Å². The van der Waals surface area contributed by atoms with Crippen LogP contribution in [0.2, 0.25) is 0 Å². The van der Waals surface area contributed by atoms with E-state index in [-0.39, 0.29) is 12.1 Å². The molecule has 0 radical (unpaired) electrons. The number of hydrogen-bond acceptors (Lipinski definition) is 3. The van der Waals surface area contributed by atoms with Crippen molar-refractivity contribution in [2.24, 2.45) is 0 Å². The number of aliphatic hydroxyl groups is 1. The van der Waals surface area contributed by atoms with E-state index < -0.39 is 0 Å². The van der Waals surface area contributed by atoms with Gasteiger partial charge < -0.3 is 10.4 Å². The first-order valence-corrected chi connectivity index (χ1v) is 6.06. The molecular formula is C13H20N2O. The summed E-state index contributed by atoms with van der Waals surface area (Å²) in [6.07, 6.45) is 7.55. The Kier molecular flexibility index (Phi) is 3.44. The SMILES string of the molecule is Cc1cccnc1NC1(CO)CCCCC1. The molecule has 1 aliphatic carbocycles. The molecule has 0 saturated heterocycles. The van der Waals surface area contributed by atoms with Gasteiger partial charge in [0.1, 0.15) is 5.82 Å². The molecular weight excluding hydrogens is 200 g/mol. The zero-order valence-electron chi connectivity index (χ0n) is 9.87. The molecule has 0 aromatic carbocycles. The smallest absolute Gasteiger partial charge is 0.129 e. The Morgan fingerprint density at radius 1 is 1.38 bits per heavy atom. The standard InChI is InChI=1S/C13H20N2O/c1-11-6-5-9-14-12(11)15-13(10-16)7-3-2-4-8-13/h5-6,9,16H,2-4,7-8,10H2,1H3,(H,14,15). The van der Waals surface area contributed by atoms with Crippen LogP contribution in [0.25, 0.3) is 0 Å². The van der Waals surface area contributed by atoms with Gasteiger partial charge in [-0.15, -0.1) is 0 Å². The summed E-state index contributed by atoms with van der Waals surface area (Å²) in [7, 11) is 0. The number of nitrogens with zero attached hydrogens (tertiary/aromatic N) is 1. The number of aryl methyl sites for hydroxylation is 1. The quantitative estimate of drug-likeness (QED) is 0.822. The number of aromatic nitrogens is 1. The third-order valence-electron chi connectivity index (χ3n) is 3.51. The summed E-state index contributed by atoms with van der Waals surface area (Å²) in [6, 6.07) is 3.98. The van der Waals surface area contributed by atoms with Crippen molar-refractivity contribution in [2.45, 2.75) is 44.6 Å². The molecule has 0 spiro atoms. The number of anilines is 1. The fourth-order valence-corrected chi connectivity index (χ4v) is 2.42. The zero-order valence-corrected chi connectivity index (χ0v) is 9.87. The normalized spacial score (nSPS) is 19.4. The molecule has 0 unspecified atom stereocenters. The minimum Gasteiger partial charge on any atom is -0.394 e. The number of nitrogens with one attached hydrogen (secondary N) is 1. The van der Waals surface area contributed by atoms with Gasteiger partial charge in [-0.1, -0.05) is 25.3 Å². The lowest BCUT2D eigenvalue weighted by molar-refractivity contribution is 0.172.